The van der Waals surface area contributed by atoms with Gasteiger partial charge in [0.1, 0.15) is 0 Å². The Kier molecular flexibility index (Phi) is 4.99. The fourth-order valence-electron chi connectivity index (χ4n) is 4.14. The van der Waals surface area contributed by atoms with E-state index in [2.05, 4.69) is 16.7 Å². The third kappa shape index (κ3) is 3.62. The van der Waals surface area contributed by atoms with Crippen LogP contribution in [-0.4, -0.2) is 11.8 Å². The van der Waals surface area contributed by atoms with E-state index in [1.54, 1.807) is 0 Å². The van der Waals surface area contributed by atoms with Gasteiger partial charge in [-0.25, -0.2) is 0 Å². The minimum atomic E-state index is -0.384. The Labute approximate surface area is 163 Å². The number of hydrogen-bond donors (Lipinski definition) is 2. The molecule has 2 aromatic rings. The van der Waals surface area contributed by atoms with E-state index >= 15 is 0 Å². The van der Waals surface area contributed by atoms with Crippen molar-refractivity contribution in [2.24, 2.45) is 17.8 Å². The van der Waals surface area contributed by atoms with Gasteiger partial charge in [-0.3, -0.25) is 14.9 Å². The highest BCUT2D eigenvalue weighted by atomic mass is 35.5. The molecule has 5 heteroatoms. The smallest absolute Gasteiger partial charge is 0.232 e. The quantitative estimate of drug-likeness (QED) is 0.612. The van der Waals surface area contributed by atoms with Crippen LogP contribution in [0, 0.1) is 17.8 Å². The summed E-state index contributed by atoms with van der Waals surface area (Å²) in [5.74, 6) is -1.04. The van der Waals surface area contributed by atoms with Gasteiger partial charge in [-0.05, 0) is 42.7 Å². The maximum Gasteiger partial charge on any atom is 0.232 e. The zero-order chi connectivity index (χ0) is 18.8. The Morgan fingerprint density at radius 2 is 1.74 bits per heavy atom. The molecular weight excluding hydrogens is 360 g/mol. The van der Waals surface area contributed by atoms with Gasteiger partial charge in [-0.1, -0.05) is 54.1 Å². The predicted octanol–water partition coefficient (Wildman–Crippen LogP) is 4.35. The van der Waals surface area contributed by atoms with Crippen molar-refractivity contribution in [1.82, 2.24) is 5.32 Å². The standard InChI is InChI=1S/C22H21ClN2O2/c23-15-12-10-14(11-13-15)20(24-16-6-2-1-3-7-16)19-17-8-4-5-9-18(17)21(26)25-22(19)27/h1-4,6-8,10-13,17-20,24H,5,9H2,(H,25,26,27)/t17-,18+,19+,20+/m0/s1. The van der Waals surface area contributed by atoms with Crippen molar-refractivity contribution in [2.45, 2.75) is 18.9 Å². The highest BCUT2D eigenvalue weighted by Crippen LogP contribution is 2.42. The zero-order valence-corrected chi connectivity index (χ0v) is 15.5. The molecule has 1 saturated heterocycles. The van der Waals surface area contributed by atoms with E-state index in [0.717, 1.165) is 24.1 Å². The lowest BCUT2D eigenvalue weighted by Crippen LogP contribution is -2.54. The van der Waals surface area contributed by atoms with Gasteiger partial charge < -0.3 is 5.32 Å². The van der Waals surface area contributed by atoms with Crippen LogP contribution in [0.15, 0.2) is 66.7 Å². The molecule has 0 saturated carbocycles. The maximum atomic E-state index is 12.9. The van der Waals surface area contributed by atoms with Crippen molar-refractivity contribution in [2.75, 3.05) is 5.32 Å². The zero-order valence-electron chi connectivity index (χ0n) is 14.8. The number of nitrogens with one attached hydrogen (secondary N) is 2. The van der Waals surface area contributed by atoms with Crippen molar-refractivity contribution in [3.63, 3.8) is 0 Å². The summed E-state index contributed by atoms with van der Waals surface area (Å²) in [6.45, 7) is 0. The number of amides is 2. The number of para-hydroxylation sites is 1. The first-order chi connectivity index (χ1) is 13.1. The molecule has 4 nitrogen and oxygen atoms in total. The van der Waals surface area contributed by atoms with Gasteiger partial charge >= 0.3 is 0 Å². The van der Waals surface area contributed by atoms with Crippen LogP contribution in [0.1, 0.15) is 24.4 Å². The van der Waals surface area contributed by atoms with E-state index in [0.29, 0.717) is 5.02 Å². The molecule has 1 aliphatic carbocycles. The fraction of sp³-hybridized carbons (Fsp3) is 0.273. The Morgan fingerprint density at radius 3 is 2.48 bits per heavy atom. The van der Waals surface area contributed by atoms with Crippen molar-refractivity contribution in [1.29, 1.82) is 0 Å². The highest BCUT2D eigenvalue weighted by Gasteiger charge is 2.46. The normalized spacial score (nSPS) is 25.4. The molecule has 0 spiro atoms. The second-order valence-electron chi connectivity index (χ2n) is 7.11. The van der Waals surface area contributed by atoms with Crippen LogP contribution in [-0.2, 0) is 9.59 Å². The lowest BCUT2D eigenvalue weighted by Gasteiger charge is -2.41. The topological polar surface area (TPSA) is 58.2 Å². The average molecular weight is 381 g/mol. The molecule has 2 aromatic carbocycles. The van der Waals surface area contributed by atoms with Crippen LogP contribution in [0.25, 0.3) is 0 Å². The number of fused-ring (bicyclic) bond motifs is 1. The number of carbonyl (C=O) groups excluding carboxylic acids is 2. The van der Waals surface area contributed by atoms with Crippen molar-refractivity contribution < 1.29 is 9.59 Å². The molecule has 0 unspecified atom stereocenters. The Morgan fingerprint density at radius 1 is 1.00 bits per heavy atom. The number of halogens is 1. The van der Waals surface area contributed by atoms with Gasteiger partial charge in [0.25, 0.3) is 0 Å². The van der Waals surface area contributed by atoms with Crippen LogP contribution in [0.4, 0.5) is 5.69 Å². The minimum absolute atomic E-state index is 0.114. The molecule has 27 heavy (non-hydrogen) atoms. The molecule has 0 radical (unpaired) electrons. The second kappa shape index (κ2) is 7.57. The first-order valence-corrected chi connectivity index (χ1v) is 9.60. The second-order valence-corrected chi connectivity index (χ2v) is 7.54. The molecule has 1 fully saturated rings. The van der Waals surface area contributed by atoms with Crippen LogP contribution in [0.5, 0.6) is 0 Å². The van der Waals surface area contributed by atoms with Gasteiger partial charge in [0.05, 0.1) is 12.0 Å². The Balaban J connectivity index is 1.75. The predicted molar refractivity (Wildman–Crippen MR) is 106 cm³/mol. The summed E-state index contributed by atoms with van der Waals surface area (Å²) in [5.41, 5.74) is 1.90. The van der Waals surface area contributed by atoms with Gasteiger partial charge in [0.2, 0.25) is 11.8 Å². The number of imide groups is 1. The molecular formula is C22H21ClN2O2. The van der Waals surface area contributed by atoms with Crippen molar-refractivity contribution >= 4 is 29.1 Å². The third-order valence-electron chi connectivity index (χ3n) is 5.45. The molecule has 4 rings (SSSR count). The van der Waals surface area contributed by atoms with Crippen molar-refractivity contribution in [3.8, 4) is 0 Å². The SMILES string of the molecule is O=C1NC(=O)[C@@H]2CCC=C[C@@H]2[C@@H]1[C@H](Nc1ccccc1)c1ccc(Cl)cc1. The van der Waals surface area contributed by atoms with Gasteiger partial charge in [-0.2, -0.15) is 0 Å². The first kappa shape index (κ1) is 17.8. The molecule has 1 heterocycles. The Hall–Kier alpha value is -2.59. The summed E-state index contributed by atoms with van der Waals surface area (Å²) in [5, 5.41) is 6.76. The summed E-state index contributed by atoms with van der Waals surface area (Å²) in [7, 11) is 0. The number of anilines is 1. The minimum Gasteiger partial charge on any atom is -0.377 e. The average Bonchev–Trinajstić information content (AvgIpc) is 2.69. The molecule has 4 atom stereocenters. The first-order valence-electron chi connectivity index (χ1n) is 9.22. The van der Waals surface area contributed by atoms with E-state index in [4.69, 9.17) is 11.6 Å². The number of allylic oxidation sites excluding steroid dienone is 2. The molecule has 0 aromatic heterocycles. The molecule has 2 amide bonds. The van der Waals surface area contributed by atoms with Crippen LogP contribution in [0.3, 0.4) is 0 Å². The number of piperidine rings is 1. The number of benzene rings is 2. The summed E-state index contributed by atoms with van der Waals surface area (Å²) < 4.78 is 0. The number of rotatable bonds is 4. The molecule has 0 bridgehead atoms. The largest absolute Gasteiger partial charge is 0.377 e. The van der Waals surface area contributed by atoms with E-state index in [9.17, 15) is 9.59 Å². The molecule has 138 valence electrons. The molecule has 2 aliphatic rings. The lowest BCUT2D eigenvalue weighted by atomic mass is 9.69. The summed E-state index contributed by atoms with van der Waals surface area (Å²) in [6, 6.07) is 17.1. The van der Waals surface area contributed by atoms with Crippen LogP contribution in [0.2, 0.25) is 5.02 Å². The monoisotopic (exact) mass is 380 g/mol. The van der Waals surface area contributed by atoms with Crippen LogP contribution >= 0.6 is 11.6 Å². The van der Waals surface area contributed by atoms with E-state index in [1.807, 2.05) is 60.7 Å². The van der Waals surface area contributed by atoms with E-state index in [1.165, 1.54) is 0 Å². The molecule has 1 aliphatic heterocycles. The van der Waals surface area contributed by atoms with Crippen LogP contribution < -0.4 is 10.6 Å². The highest BCUT2D eigenvalue weighted by molar-refractivity contribution is 6.30. The lowest BCUT2D eigenvalue weighted by molar-refractivity contribution is -0.143. The van der Waals surface area contributed by atoms with Gasteiger partial charge in [0, 0.05) is 22.5 Å². The van der Waals surface area contributed by atoms with Crippen molar-refractivity contribution in [3.05, 3.63) is 77.3 Å². The summed E-state index contributed by atoms with van der Waals surface area (Å²) in [4.78, 5) is 25.2. The summed E-state index contributed by atoms with van der Waals surface area (Å²) in [6.07, 6.45) is 5.77. The van der Waals surface area contributed by atoms with Gasteiger partial charge in [0.15, 0.2) is 0 Å². The van der Waals surface area contributed by atoms with E-state index < -0.39 is 0 Å². The maximum absolute atomic E-state index is 12.9. The fourth-order valence-corrected chi connectivity index (χ4v) is 4.27. The number of carbonyl (C=O) groups is 2. The van der Waals surface area contributed by atoms with E-state index in [-0.39, 0.29) is 35.6 Å². The van der Waals surface area contributed by atoms with Gasteiger partial charge in [-0.15, -0.1) is 0 Å². The summed E-state index contributed by atoms with van der Waals surface area (Å²) >= 11 is 6.07. The third-order valence-corrected chi connectivity index (χ3v) is 5.70. The molecule has 2 N–H and O–H groups in total. The Bertz CT molecular complexity index is 864. The number of hydrogen-bond acceptors (Lipinski definition) is 3.